The molecule has 4 aliphatic rings. The number of carbonyl (C=O) groups is 4. The second-order valence-electron chi connectivity index (χ2n) is 13.0. The maximum Gasteiger partial charge on any atom is 0.433 e. The molecule has 1 saturated carbocycles. The molecule has 3 heterocycles. The van der Waals surface area contributed by atoms with Crippen LogP contribution in [0.15, 0.2) is 60.2 Å². The summed E-state index contributed by atoms with van der Waals surface area (Å²) >= 11 is 18.9. The Morgan fingerprint density at radius 1 is 0.920 bits per heavy atom. The lowest BCUT2D eigenvalue weighted by atomic mass is 9.51. The van der Waals surface area contributed by atoms with E-state index >= 15 is 0 Å². The molecular weight excluding hydrogens is 727 g/mol. The van der Waals surface area contributed by atoms with Crippen LogP contribution in [0.5, 0.6) is 5.75 Å². The molecule has 1 aromatic heterocycles. The van der Waals surface area contributed by atoms with Gasteiger partial charge >= 0.3 is 6.18 Å². The van der Waals surface area contributed by atoms with Crippen LogP contribution in [0.2, 0.25) is 15.1 Å². The molecule has 2 aromatic carbocycles. The van der Waals surface area contributed by atoms with Crippen LogP contribution >= 0.6 is 34.8 Å². The van der Waals surface area contributed by atoms with Crippen LogP contribution in [-0.2, 0) is 25.4 Å². The van der Waals surface area contributed by atoms with Crippen LogP contribution in [0.3, 0.4) is 0 Å². The smallest absolute Gasteiger partial charge is 0.433 e. The van der Waals surface area contributed by atoms with Crippen LogP contribution in [0.1, 0.15) is 36.9 Å². The predicted molar refractivity (Wildman–Crippen MR) is 174 cm³/mol. The molecule has 260 valence electrons. The van der Waals surface area contributed by atoms with E-state index in [1.807, 2.05) is 0 Å². The maximum atomic E-state index is 14.5. The van der Waals surface area contributed by atoms with Gasteiger partial charge in [-0.2, -0.15) is 18.2 Å². The highest BCUT2D eigenvalue weighted by Crippen LogP contribution is 2.64. The summed E-state index contributed by atoms with van der Waals surface area (Å²) in [7, 11) is 1.21. The van der Waals surface area contributed by atoms with Gasteiger partial charge in [-0.15, -0.1) is 0 Å². The number of amides is 4. The van der Waals surface area contributed by atoms with Crippen LogP contribution in [-0.4, -0.2) is 45.8 Å². The average molecular weight is 752 g/mol. The highest BCUT2D eigenvalue weighted by atomic mass is 35.5. The number of aromatic hydroxyl groups is 1. The van der Waals surface area contributed by atoms with Crippen LogP contribution in [0.25, 0.3) is 0 Å². The fourth-order valence-electron chi connectivity index (χ4n) is 8.17. The first kappa shape index (κ1) is 34.3. The predicted octanol–water partition coefficient (Wildman–Crippen LogP) is 7.19. The highest BCUT2D eigenvalue weighted by molar-refractivity contribution is 6.33. The lowest BCUT2D eigenvalue weighted by Gasteiger charge is -2.49. The number of hydrogen-bond donors (Lipinski definition) is 1. The van der Waals surface area contributed by atoms with Gasteiger partial charge in [0.15, 0.2) is 5.82 Å². The molecule has 16 heteroatoms. The summed E-state index contributed by atoms with van der Waals surface area (Å²) in [4.78, 5) is 61.5. The fraction of sp³-hybridized carbons (Fsp3) is 0.324. The number of benzene rings is 2. The number of carbonyl (C=O) groups excluding carboxylic acids is 4. The van der Waals surface area contributed by atoms with Crippen LogP contribution < -0.4 is 9.91 Å². The van der Waals surface area contributed by atoms with Crippen molar-refractivity contribution in [1.29, 1.82) is 0 Å². The van der Waals surface area contributed by atoms with Crippen molar-refractivity contribution in [3.8, 4) is 5.75 Å². The zero-order chi connectivity index (χ0) is 36.2. The van der Waals surface area contributed by atoms with E-state index in [0.717, 1.165) is 33.1 Å². The molecule has 3 fully saturated rings. The molecular formula is C34H25Cl3F4N4O5. The number of nitrogens with zero attached hydrogens (tertiary/aromatic N) is 4. The normalized spacial score (nSPS) is 27.7. The Kier molecular flexibility index (Phi) is 8.00. The summed E-state index contributed by atoms with van der Waals surface area (Å²) in [5.74, 6) is -8.89. The monoisotopic (exact) mass is 750 g/mol. The first-order chi connectivity index (χ1) is 23.5. The highest BCUT2D eigenvalue weighted by Gasteiger charge is 2.68. The van der Waals surface area contributed by atoms with Gasteiger partial charge < -0.3 is 5.11 Å². The van der Waals surface area contributed by atoms with Gasteiger partial charge in [0.05, 0.1) is 38.9 Å². The molecule has 4 amide bonds. The summed E-state index contributed by atoms with van der Waals surface area (Å²) in [6.07, 6.45) is -3.10. The number of hydrazine groups is 1. The van der Waals surface area contributed by atoms with Gasteiger partial charge in [0, 0.05) is 18.0 Å². The van der Waals surface area contributed by atoms with Gasteiger partial charge in [-0.25, -0.2) is 14.3 Å². The zero-order valence-electron chi connectivity index (χ0n) is 26.0. The van der Waals surface area contributed by atoms with Crippen molar-refractivity contribution in [1.82, 2.24) is 9.99 Å². The Bertz CT molecular complexity index is 2060. The number of rotatable bonds is 4. The molecule has 6 atom stereocenters. The first-order valence-corrected chi connectivity index (χ1v) is 16.5. The van der Waals surface area contributed by atoms with E-state index in [-0.39, 0.29) is 39.3 Å². The molecule has 50 heavy (non-hydrogen) atoms. The van der Waals surface area contributed by atoms with Gasteiger partial charge in [0.1, 0.15) is 17.3 Å². The molecule has 7 rings (SSSR count). The minimum Gasteiger partial charge on any atom is -0.508 e. The SMILES string of the molecule is CN(c1nc(C(F)(F)F)ccc1Cl)N1C(=O)[C@H]2[C@H](CC=C3[C@H]2C[C@H]2C(=O)N(c4ccc(F)c(Cl)c4)C(=O)[C@@]2(C)[C@H]3c2ccc(O)cc2Cl)C1=O. The second-order valence-corrected chi connectivity index (χ2v) is 14.2. The van der Waals surface area contributed by atoms with Crippen molar-refractivity contribution >= 4 is 69.9 Å². The largest absolute Gasteiger partial charge is 0.508 e. The molecule has 2 aliphatic heterocycles. The van der Waals surface area contributed by atoms with Crippen LogP contribution in [0.4, 0.5) is 29.1 Å². The Labute approximate surface area is 297 Å². The van der Waals surface area contributed by atoms with Crippen molar-refractivity contribution in [3.05, 3.63) is 92.3 Å². The van der Waals surface area contributed by atoms with Gasteiger partial charge in [-0.05, 0) is 73.7 Å². The lowest BCUT2D eigenvalue weighted by molar-refractivity contribution is -0.141. The van der Waals surface area contributed by atoms with Gasteiger partial charge in [-0.1, -0.05) is 52.5 Å². The van der Waals surface area contributed by atoms with E-state index < -0.39 is 82.1 Å². The van der Waals surface area contributed by atoms with E-state index in [4.69, 9.17) is 34.8 Å². The number of phenols is 1. The first-order valence-electron chi connectivity index (χ1n) is 15.3. The number of phenolic OH excluding ortho intramolecular Hbond substituents is 1. The number of pyridine rings is 1. The number of fused-ring (bicyclic) bond motifs is 4. The van der Waals surface area contributed by atoms with E-state index in [2.05, 4.69) is 4.98 Å². The van der Waals surface area contributed by atoms with Crippen LogP contribution in [0, 0.1) is 34.9 Å². The fourth-order valence-corrected chi connectivity index (χ4v) is 8.86. The van der Waals surface area contributed by atoms with E-state index in [9.17, 15) is 41.8 Å². The maximum absolute atomic E-state index is 14.5. The third kappa shape index (κ3) is 4.91. The summed E-state index contributed by atoms with van der Waals surface area (Å²) in [6.45, 7) is 1.61. The van der Waals surface area contributed by atoms with E-state index in [0.29, 0.717) is 17.2 Å². The number of halogens is 7. The van der Waals surface area contributed by atoms with Crippen molar-refractivity contribution in [2.45, 2.75) is 31.9 Å². The average Bonchev–Trinajstić information content (AvgIpc) is 3.41. The molecule has 0 unspecified atom stereocenters. The Morgan fingerprint density at radius 3 is 2.30 bits per heavy atom. The van der Waals surface area contributed by atoms with Crippen molar-refractivity contribution < 1.29 is 41.8 Å². The molecule has 1 N–H and O–H groups in total. The van der Waals surface area contributed by atoms with Gasteiger partial charge in [0.25, 0.3) is 11.8 Å². The zero-order valence-corrected chi connectivity index (χ0v) is 28.3. The Morgan fingerprint density at radius 2 is 1.64 bits per heavy atom. The molecule has 0 radical (unpaired) electrons. The third-order valence-corrected chi connectivity index (χ3v) is 11.3. The molecule has 3 aromatic rings. The molecule has 2 aliphatic carbocycles. The number of anilines is 2. The summed E-state index contributed by atoms with van der Waals surface area (Å²) in [5.41, 5.74) is -1.78. The van der Waals surface area contributed by atoms with Gasteiger partial charge in [0.2, 0.25) is 11.8 Å². The van der Waals surface area contributed by atoms with Gasteiger partial charge in [-0.3, -0.25) is 24.2 Å². The minimum atomic E-state index is -4.83. The summed E-state index contributed by atoms with van der Waals surface area (Å²) < 4.78 is 54.7. The van der Waals surface area contributed by atoms with E-state index in [1.54, 1.807) is 13.0 Å². The molecule has 0 bridgehead atoms. The lowest BCUT2D eigenvalue weighted by Crippen LogP contribution is -2.49. The topological polar surface area (TPSA) is 111 Å². The van der Waals surface area contributed by atoms with E-state index in [1.165, 1.54) is 31.3 Å². The number of allylic oxidation sites excluding steroid dienone is 2. The summed E-state index contributed by atoms with van der Waals surface area (Å²) in [6, 6.07) is 9.29. The molecule has 0 spiro atoms. The van der Waals surface area contributed by atoms with Crippen molar-refractivity contribution in [3.63, 3.8) is 0 Å². The minimum absolute atomic E-state index is 0.0293. The standard InChI is InChI=1S/C34H25Cl3F4N4O5/c1-33-20(30(48)44(32(33)50)14-3-9-24(38)23(37)11-14)13-19-16(27(33)17-5-4-15(46)12-22(17)36)6-7-18-26(19)31(49)45(29(18)47)43(2)28-21(35)8-10-25(42-28)34(39,40)41/h3-6,8-12,18-20,26-27,46H,7,13H2,1-2H3/t18-,19+,20-,26-,27+,33+/m0/s1. The molecule has 9 nitrogen and oxygen atoms in total. The molecule has 2 saturated heterocycles. The van der Waals surface area contributed by atoms with Crippen molar-refractivity contribution in [2.75, 3.05) is 17.0 Å². The number of imide groups is 2. The third-order valence-electron chi connectivity index (χ3n) is 10.4. The number of aromatic nitrogens is 1. The quantitative estimate of drug-likeness (QED) is 0.171. The number of hydrogen-bond acceptors (Lipinski definition) is 7. The second kappa shape index (κ2) is 11.7. The van der Waals surface area contributed by atoms with Crippen molar-refractivity contribution in [2.24, 2.45) is 29.1 Å². The Balaban J connectivity index is 1.33. The Hall–Kier alpha value is -4.20. The number of alkyl halides is 3. The summed E-state index contributed by atoms with van der Waals surface area (Å²) in [5, 5.41) is 11.3.